The first-order valence-electron chi connectivity index (χ1n) is 8.27. The average molecular weight is 320 g/mol. The molecule has 1 heterocycles. The Kier molecular flexibility index (Phi) is 5.65. The van der Waals surface area contributed by atoms with Gasteiger partial charge in [0.1, 0.15) is 5.60 Å². The Morgan fingerprint density at radius 1 is 1.43 bits per heavy atom. The summed E-state index contributed by atoms with van der Waals surface area (Å²) in [6.07, 6.45) is 1.28. The number of aliphatic hydroxyl groups is 1. The maximum atomic E-state index is 12.5. The zero-order valence-electron chi connectivity index (χ0n) is 14.6. The molecule has 1 aliphatic heterocycles. The van der Waals surface area contributed by atoms with E-state index in [4.69, 9.17) is 9.84 Å². The third kappa shape index (κ3) is 4.69. The van der Waals surface area contributed by atoms with Crippen molar-refractivity contribution in [3.8, 4) is 0 Å². The van der Waals surface area contributed by atoms with Gasteiger partial charge in [-0.25, -0.2) is 4.79 Å². The SMILES string of the molecule is CC(CCO)NCc1cccc2c1N(C(=O)OC(C)(C)C)CC2. The summed E-state index contributed by atoms with van der Waals surface area (Å²) in [5, 5.41) is 12.4. The van der Waals surface area contributed by atoms with Crippen LogP contribution in [-0.2, 0) is 17.7 Å². The van der Waals surface area contributed by atoms with Crippen molar-refractivity contribution in [3.05, 3.63) is 29.3 Å². The molecule has 0 spiro atoms. The topological polar surface area (TPSA) is 61.8 Å². The smallest absolute Gasteiger partial charge is 0.414 e. The van der Waals surface area contributed by atoms with Crippen LogP contribution in [0.5, 0.6) is 0 Å². The second kappa shape index (κ2) is 7.32. The number of hydrogen-bond acceptors (Lipinski definition) is 4. The first-order valence-corrected chi connectivity index (χ1v) is 8.27. The lowest BCUT2D eigenvalue weighted by atomic mass is 10.1. The molecule has 1 unspecified atom stereocenters. The predicted molar refractivity (Wildman–Crippen MR) is 91.7 cm³/mol. The zero-order valence-corrected chi connectivity index (χ0v) is 14.6. The predicted octanol–water partition coefficient (Wildman–Crippen LogP) is 2.84. The molecule has 1 atom stereocenters. The molecule has 1 aliphatic rings. The van der Waals surface area contributed by atoms with Gasteiger partial charge in [0.05, 0.1) is 5.69 Å². The normalized spacial score (nSPS) is 15.4. The number of hydrogen-bond donors (Lipinski definition) is 2. The van der Waals surface area contributed by atoms with E-state index >= 15 is 0 Å². The molecule has 0 aliphatic carbocycles. The van der Waals surface area contributed by atoms with Crippen LogP contribution < -0.4 is 10.2 Å². The van der Waals surface area contributed by atoms with E-state index in [2.05, 4.69) is 11.4 Å². The van der Waals surface area contributed by atoms with E-state index in [0.29, 0.717) is 19.5 Å². The summed E-state index contributed by atoms with van der Waals surface area (Å²) in [6.45, 7) is 9.19. The molecule has 0 fully saturated rings. The molecule has 23 heavy (non-hydrogen) atoms. The molecule has 0 saturated carbocycles. The maximum Gasteiger partial charge on any atom is 0.414 e. The van der Waals surface area contributed by atoms with E-state index < -0.39 is 5.60 Å². The summed E-state index contributed by atoms with van der Waals surface area (Å²) in [5.41, 5.74) is 2.76. The number of rotatable bonds is 5. The molecule has 0 radical (unpaired) electrons. The highest BCUT2D eigenvalue weighted by Gasteiger charge is 2.30. The molecule has 128 valence electrons. The average Bonchev–Trinajstić information content (AvgIpc) is 2.88. The van der Waals surface area contributed by atoms with Crippen molar-refractivity contribution in [1.29, 1.82) is 0 Å². The number of fused-ring (bicyclic) bond motifs is 1. The van der Waals surface area contributed by atoms with Gasteiger partial charge in [-0.05, 0) is 51.7 Å². The van der Waals surface area contributed by atoms with E-state index in [1.807, 2.05) is 39.8 Å². The number of amides is 1. The molecule has 5 nitrogen and oxygen atoms in total. The first kappa shape index (κ1) is 17.8. The molecule has 2 rings (SSSR count). The number of anilines is 1. The first-order chi connectivity index (χ1) is 10.8. The van der Waals surface area contributed by atoms with Crippen molar-refractivity contribution in [2.24, 2.45) is 0 Å². The monoisotopic (exact) mass is 320 g/mol. The van der Waals surface area contributed by atoms with Gasteiger partial charge in [0.2, 0.25) is 0 Å². The third-order valence-corrected chi connectivity index (χ3v) is 3.89. The number of ether oxygens (including phenoxy) is 1. The lowest BCUT2D eigenvalue weighted by Gasteiger charge is -2.26. The van der Waals surface area contributed by atoms with E-state index in [-0.39, 0.29) is 18.7 Å². The van der Waals surface area contributed by atoms with Crippen LogP contribution in [0.2, 0.25) is 0 Å². The highest BCUT2D eigenvalue weighted by Crippen LogP contribution is 2.33. The van der Waals surface area contributed by atoms with Crippen molar-refractivity contribution in [3.63, 3.8) is 0 Å². The molecule has 1 aromatic carbocycles. The number of aliphatic hydroxyl groups excluding tert-OH is 1. The zero-order chi connectivity index (χ0) is 17.0. The molecule has 1 aromatic rings. The fraction of sp³-hybridized carbons (Fsp3) is 0.611. The Bertz CT molecular complexity index is 552. The van der Waals surface area contributed by atoms with E-state index in [9.17, 15) is 4.79 Å². The quantitative estimate of drug-likeness (QED) is 0.876. The maximum absolute atomic E-state index is 12.5. The van der Waals surface area contributed by atoms with Crippen LogP contribution in [0.15, 0.2) is 18.2 Å². The molecule has 2 N–H and O–H groups in total. The van der Waals surface area contributed by atoms with Crippen LogP contribution in [0.1, 0.15) is 45.2 Å². The number of para-hydroxylation sites is 1. The standard InChI is InChI=1S/C18H28N2O3/c1-13(9-11-21)19-12-15-7-5-6-14-8-10-20(16(14)15)17(22)23-18(2,3)4/h5-7,13,19,21H,8-12H2,1-4H3. The van der Waals surface area contributed by atoms with Crippen LogP contribution >= 0.6 is 0 Å². The Morgan fingerprint density at radius 3 is 2.83 bits per heavy atom. The largest absolute Gasteiger partial charge is 0.443 e. The highest BCUT2D eigenvalue weighted by atomic mass is 16.6. The number of carbonyl (C=O) groups is 1. The van der Waals surface area contributed by atoms with Crippen LogP contribution in [0.3, 0.4) is 0 Å². The Balaban J connectivity index is 2.15. The summed E-state index contributed by atoms with van der Waals surface area (Å²) < 4.78 is 5.53. The minimum absolute atomic E-state index is 0.172. The Labute approximate surface area is 138 Å². The second-order valence-electron chi connectivity index (χ2n) is 7.10. The highest BCUT2D eigenvalue weighted by molar-refractivity contribution is 5.91. The van der Waals surface area contributed by atoms with Gasteiger partial charge in [0, 0.05) is 25.7 Å². The minimum atomic E-state index is -0.497. The third-order valence-electron chi connectivity index (χ3n) is 3.89. The number of nitrogens with zero attached hydrogens (tertiary/aromatic N) is 1. The Hall–Kier alpha value is -1.59. The summed E-state index contributed by atoms with van der Waals surface area (Å²) in [7, 11) is 0. The van der Waals surface area contributed by atoms with E-state index in [1.165, 1.54) is 5.56 Å². The van der Waals surface area contributed by atoms with Crippen LogP contribution in [0.4, 0.5) is 10.5 Å². The molecular weight excluding hydrogens is 292 g/mol. The van der Waals surface area contributed by atoms with Gasteiger partial charge in [-0.3, -0.25) is 4.90 Å². The van der Waals surface area contributed by atoms with Gasteiger partial charge in [-0.2, -0.15) is 0 Å². The van der Waals surface area contributed by atoms with E-state index in [0.717, 1.165) is 17.7 Å². The summed E-state index contributed by atoms with van der Waals surface area (Å²) in [5.74, 6) is 0. The fourth-order valence-corrected chi connectivity index (χ4v) is 2.76. The number of benzene rings is 1. The fourth-order valence-electron chi connectivity index (χ4n) is 2.76. The van der Waals surface area contributed by atoms with Crippen molar-refractivity contribution < 1.29 is 14.6 Å². The molecular formula is C18H28N2O3. The van der Waals surface area contributed by atoms with Gasteiger partial charge < -0.3 is 15.2 Å². The second-order valence-corrected chi connectivity index (χ2v) is 7.10. The summed E-state index contributed by atoms with van der Waals surface area (Å²) in [4.78, 5) is 14.2. The van der Waals surface area contributed by atoms with Crippen LogP contribution in [-0.4, -0.2) is 36.0 Å². The van der Waals surface area contributed by atoms with Crippen LogP contribution in [0.25, 0.3) is 0 Å². The van der Waals surface area contributed by atoms with Crippen molar-refractivity contribution >= 4 is 11.8 Å². The molecule has 0 aromatic heterocycles. The van der Waals surface area contributed by atoms with Gasteiger partial charge in [0.15, 0.2) is 0 Å². The molecule has 0 saturated heterocycles. The minimum Gasteiger partial charge on any atom is -0.443 e. The van der Waals surface area contributed by atoms with Gasteiger partial charge >= 0.3 is 6.09 Å². The molecule has 5 heteroatoms. The van der Waals surface area contributed by atoms with Crippen LogP contribution in [0, 0.1) is 0 Å². The lowest BCUT2D eigenvalue weighted by Crippen LogP contribution is -2.36. The number of nitrogens with one attached hydrogen (secondary N) is 1. The van der Waals surface area contributed by atoms with Gasteiger partial charge in [-0.1, -0.05) is 18.2 Å². The molecule has 0 bridgehead atoms. The number of carbonyl (C=O) groups excluding carboxylic acids is 1. The molecule has 1 amide bonds. The Morgan fingerprint density at radius 2 is 2.17 bits per heavy atom. The van der Waals surface area contributed by atoms with Crippen molar-refractivity contribution in [2.75, 3.05) is 18.1 Å². The van der Waals surface area contributed by atoms with Crippen molar-refractivity contribution in [2.45, 2.75) is 58.7 Å². The van der Waals surface area contributed by atoms with E-state index in [1.54, 1.807) is 4.90 Å². The van der Waals surface area contributed by atoms with Gasteiger partial charge in [-0.15, -0.1) is 0 Å². The van der Waals surface area contributed by atoms with Gasteiger partial charge in [0.25, 0.3) is 0 Å². The summed E-state index contributed by atoms with van der Waals surface area (Å²) >= 11 is 0. The summed E-state index contributed by atoms with van der Waals surface area (Å²) in [6, 6.07) is 6.37. The van der Waals surface area contributed by atoms with Crippen molar-refractivity contribution in [1.82, 2.24) is 5.32 Å². The lowest BCUT2D eigenvalue weighted by molar-refractivity contribution is 0.0583.